The summed E-state index contributed by atoms with van der Waals surface area (Å²) in [5.74, 6) is 1.46. The van der Waals surface area contributed by atoms with Gasteiger partial charge in [0.05, 0.1) is 0 Å². The summed E-state index contributed by atoms with van der Waals surface area (Å²) in [6, 6.07) is 6.36. The van der Waals surface area contributed by atoms with Gasteiger partial charge in [-0.05, 0) is 24.1 Å². The van der Waals surface area contributed by atoms with Crippen LogP contribution in [-0.4, -0.2) is 6.61 Å². The number of benzene rings is 1. The molecule has 1 heteroatoms. The maximum atomic E-state index is 5.59. The smallest absolute Gasteiger partial charge is 0.123 e. The number of ether oxygens (including phenoxy) is 1. The lowest BCUT2D eigenvalue weighted by molar-refractivity contribution is 0.322. The van der Waals surface area contributed by atoms with Gasteiger partial charge >= 0.3 is 0 Å². The van der Waals surface area contributed by atoms with Crippen LogP contribution in [0.2, 0.25) is 0 Å². The molecule has 0 aliphatic carbocycles. The van der Waals surface area contributed by atoms with Gasteiger partial charge in [0, 0.05) is 11.5 Å². The van der Waals surface area contributed by atoms with Crippen LogP contribution in [0, 0.1) is 6.92 Å². The van der Waals surface area contributed by atoms with Crippen molar-refractivity contribution in [2.45, 2.75) is 19.8 Å². The molecule has 0 saturated carbocycles. The predicted octanol–water partition coefficient (Wildman–Crippen LogP) is 3.05. The SMILES string of the molecule is C=C1COc2cc(C)ccc2[C@H]1C. The van der Waals surface area contributed by atoms with Gasteiger partial charge in [0.2, 0.25) is 0 Å². The van der Waals surface area contributed by atoms with E-state index in [0.29, 0.717) is 12.5 Å². The average Bonchev–Trinajstić information content (AvgIpc) is 2.12. The largest absolute Gasteiger partial charge is 0.489 e. The molecule has 0 saturated heterocycles. The summed E-state index contributed by atoms with van der Waals surface area (Å²) >= 11 is 0. The molecule has 0 radical (unpaired) electrons. The van der Waals surface area contributed by atoms with E-state index in [1.807, 2.05) is 0 Å². The Hall–Kier alpha value is -1.24. The van der Waals surface area contributed by atoms with Crippen molar-refractivity contribution < 1.29 is 4.74 Å². The fourth-order valence-electron chi connectivity index (χ4n) is 1.64. The summed E-state index contributed by atoms with van der Waals surface area (Å²) in [5.41, 5.74) is 3.68. The van der Waals surface area contributed by atoms with Gasteiger partial charge in [0.1, 0.15) is 12.4 Å². The van der Waals surface area contributed by atoms with E-state index in [0.717, 1.165) is 11.3 Å². The fourth-order valence-corrected chi connectivity index (χ4v) is 1.64. The molecule has 1 atom stereocenters. The Balaban J connectivity index is 2.49. The molecular weight excluding hydrogens is 160 g/mol. The summed E-state index contributed by atoms with van der Waals surface area (Å²) < 4.78 is 5.59. The van der Waals surface area contributed by atoms with Gasteiger partial charge in [0.15, 0.2) is 0 Å². The van der Waals surface area contributed by atoms with Crippen LogP contribution < -0.4 is 4.74 Å². The number of hydrogen-bond acceptors (Lipinski definition) is 1. The van der Waals surface area contributed by atoms with Crippen molar-refractivity contribution in [2.75, 3.05) is 6.61 Å². The minimum atomic E-state index is 0.435. The van der Waals surface area contributed by atoms with E-state index < -0.39 is 0 Å². The molecule has 13 heavy (non-hydrogen) atoms. The van der Waals surface area contributed by atoms with Crippen LogP contribution in [0.1, 0.15) is 24.0 Å². The van der Waals surface area contributed by atoms with Crippen LogP contribution in [0.25, 0.3) is 0 Å². The lowest BCUT2D eigenvalue weighted by atomic mass is 9.91. The van der Waals surface area contributed by atoms with Gasteiger partial charge < -0.3 is 4.74 Å². The topological polar surface area (TPSA) is 9.23 Å². The van der Waals surface area contributed by atoms with E-state index in [2.05, 4.69) is 38.6 Å². The first-order chi connectivity index (χ1) is 6.18. The van der Waals surface area contributed by atoms with Gasteiger partial charge in [-0.2, -0.15) is 0 Å². The highest BCUT2D eigenvalue weighted by atomic mass is 16.5. The van der Waals surface area contributed by atoms with Gasteiger partial charge in [-0.15, -0.1) is 0 Å². The molecule has 68 valence electrons. The summed E-state index contributed by atoms with van der Waals surface area (Å²) in [6.45, 7) is 8.92. The molecule has 0 N–H and O–H groups in total. The molecule has 1 aliphatic heterocycles. The fraction of sp³-hybridized carbons (Fsp3) is 0.333. The third-order valence-electron chi connectivity index (χ3n) is 2.66. The number of fused-ring (bicyclic) bond motifs is 1. The van der Waals surface area contributed by atoms with E-state index in [9.17, 15) is 0 Å². The first-order valence-corrected chi connectivity index (χ1v) is 4.59. The third kappa shape index (κ3) is 1.35. The van der Waals surface area contributed by atoms with Crippen molar-refractivity contribution in [2.24, 2.45) is 0 Å². The maximum Gasteiger partial charge on any atom is 0.123 e. The minimum absolute atomic E-state index is 0.435. The summed E-state index contributed by atoms with van der Waals surface area (Å²) in [5, 5.41) is 0. The normalized spacial score (nSPS) is 20.8. The number of hydrogen-bond donors (Lipinski definition) is 0. The molecule has 1 aliphatic rings. The molecule has 0 amide bonds. The van der Waals surface area contributed by atoms with Gasteiger partial charge in [-0.1, -0.05) is 25.6 Å². The van der Waals surface area contributed by atoms with Crippen molar-refractivity contribution in [1.29, 1.82) is 0 Å². The standard InChI is InChI=1S/C12H14O/c1-8-4-5-11-10(3)9(2)7-13-12(11)6-8/h4-6,10H,2,7H2,1,3H3/t10-/m0/s1. The molecule has 0 spiro atoms. The lowest BCUT2D eigenvalue weighted by Gasteiger charge is -2.25. The zero-order chi connectivity index (χ0) is 9.42. The highest BCUT2D eigenvalue weighted by Gasteiger charge is 2.19. The minimum Gasteiger partial charge on any atom is -0.489 e. The number of aryl methyl sites for hydroxylation is 1. The molecule has 2 rings (SSSR count). The Morgan fingerprint density at radius 1 is 1.46 bits per heavy atom. The summed E-state index contributed by atoms with van der Waals surface area (Å²) in [7, 11) is 0. The molecule has 1 aromatic carbocycles. The van der Waals surface area contributed by atoms with E-state index in [1.54, 1.807) is 0 Å². The molecule has 0 unspecified atom stereocenters. The molecule has 1 nitrogen and oxygen atoms in total. The zero-order valence-electron chi connectivity index (χ0n) is 8.13. The van der Waals surface area contributed by atoms with Crippen molar-refractivity contribution in [3.05, 3.63) is 41.5 Å². The van der Waals surface area contributed by atoms with Crippen molar-refractivity contribution in [3.8, 4) is 5.75 Å². The van der Waals surface area contributed by atoms with E-state index in [4.69, 9.17) is 4.74 Å². The Morgan fingerprint density at radius 3 is 3.00 bits per heavy atom. The van der Waals surface area contributed by atoms with Crippen LogP contribution in [-0.2, 0) is 0 Å². The average molecular weight is 174 g/mol. The Kier molecular flexibility index (Phi) is 1.87. The summed E-state index contributed by atoms with van der Waals surface area (Å²) in [4.78, 5) is 0. The molecule has 0 aromatic heterocycles. The molecule has 0 fully saturated rings. The van der Waals surface area contributed by atoms with Crippen LogP contribution in [0.4, 0.5) is 0 Å². The third-order valence-corrected chi connectivity index (χ3v) is 2.66. The van der Waals surface area contributed by atoms with Crippen LogP contribution >= 0.6 is 0 Å². The van der Waals surface area contributed by atoms with E-state index in [1.165, 1.54) is 11.1 Å². The van der Waals surface area contributed by atoms with E-state index in [-0.39, 0.29) is 0 Å². The zero-order valence-corrected chi connectivity index (χ0v) is 8.13. The van der Waals surface area contributed by atoms with E-state index >= 15 is 0 Å². The Bertz CT molecular complexity index is 352. The van der Waals surface area contributed by atoms with Crippen LogP contribution in [0.3, 0.4) is 0 Å². The van der Waals surface area contributed by atoms with Gasteiger partial charge in [-0.25, -0.2) is 0 Å². The lowest BCUT2D eigenvalue weighted by Crippen LogP contribution is -2.14. The molecule has 1 aromatic rings. The molecular formula is C12H14O. The van der Waals surface area contributed by atoms with Crippen LogP contribution in [0.15, 0.2) is 30.4 Å². The highest BCUT2D eigenvalue weighted by molar-refractivity contribution is 5.44. The monoisotopic (exact) mass is 174 g/mol. The van der Waals surface area contributed by atoms with Gasteiger partial charge in [0.25, 0.3) is 0 Å². The summed E-state index contributed by atoms with van der Waals surface area (Å²) in [6.07, 6.45) is 0. The maximum absolute atomic E-state index is 5.59. The second-order valence-electron chi connectivity index (χ2n) is 3.71. The second-order valence-corrected chi connectivity index (χ2v) is 3.71. The highest BCUT2D eigenvalue weighted by Crippen LogP contribution is 2.35. The number of rotatable bonds is 0. The first kappa shape index (κ1) is 8.36. The van der Waals surface area contributed by atoms with Crippen molar-refractivity contribution in [3.63, 3.8) is 0 Å². The predicted molar refractivity (Wildman–Crippen MR) is 54.2 cm³/mol. The van der Waals surface area contributed by atoms with Crippen molar-refractivity contribution >= 4 is 0 Å². The second kappa shape index (κ2) is 2.91. The molecule has 1 heterocycles. The van der Waals surface area contributed by atoms with Gasteiger partial charge in [-0.3, -0.25) is 0 Å². The first-order valence-electron chi connectivity index (χ1n) is 4.59. The quantitative estimate of drug-likeness (QED) is 0.549. The molecule has 0 bridgehead atoms. The van der Waals surface area contributed by atoms with Crippen LogP contribution in [0.5, 0.6) is 5.75 Å². The van der Waals surface area contributed by atoms with Crippen molar-refractivity contribution in [1.82, 2.24) is 0 Å². The Morgan fingerprint density at radius 2 is 2.23 bits per heavy atom. The Labute approximate surface area is 79.0 Å².